The van der Waals surface area contributed by atoms with Crippen LogP contribution in [0.1, 0.15) is 27.4 Å². The van der Waals surface area contributed by atoms with Gasteiger partial charge < -0.3 is 14.1 Å². The van der Waals surface area contributed by atoms with Crippen LogP contribution in [0.25, 0.3) is 0 Å². The molecule has 2 aromatic rings. The fourth-order valence-electron chi connectivity index (χ4n) is 3.21. The maximum atomic E-state index is 12.7. The van der Waals surface area contributed by atoms with Gasteiger partial charge in [-0.2, -0.15) is 0 Å². The fourth-order valence-corrected chi connectivity index (χ4v) is 3.80. The highest BCUT2D eigenvalue weighted by atomic mass is 32.2. The summed E-state index contributed by atoms with van der Waals surface area (Å²) >= 11 is 0. The predicted molar refractivity (Wildman–Crippen MR) is 111 cm³/mol. The number of amides is 1. The van der Waals surface area contributed by atoms with Crippen molar-refractivity contribution in [1.29, 1.82) is 0 Å². The molecule has 0 radical (unpaired) electrons. The fraction of sp³-hybridized carbons (Fsp3) is 0.476. The van der Waals surface area contributed by atoms with E-state index in [2.05, 4.69) is 4.90 Å². The van der Waals surface area contributed by atoms with Crippen LogP contribution in [-0.4, -0.2) is 68.9 Å². The van der Waals surface area contributed by atoms with Gasteiger partial charge in [-0.3, -0.25) is 9.69 Å². The Kier molecular flexibility index (Phi) is 6.64. The summed E-state index contributed by atoms with van der Waals surface area (Å²) in [6.07, 6.45) is 1.24. The molecule has 0 aliphatic carbocycles. The quantitative estimate of drug-likeness (QED) is 0.684. The van der Waals surface area contributed by atoms with E-state index in [0.29, 0.717) is 44.2 Å². The first kappa shape index (κ1) is 21.4. The van der Waals surface area contributed by atoms with Gasteiger partial charge in [0.05, 0.1) is 5.75 Å². The van der Waals surface area contributed by atoms with Gasteiger partial charge in [-0.25, -0.2) is 8.42 Å². The van der Waals surface area contributed by atoms with E-state index >= 15 is 0 Å². The van der Waals surface area contributed by atoms with Gasteiger partial charge in [-0.1, -0.05) is 12.1 Å². The highest BCUT2D eigenvalue weighted by Gasteiger charge is 2.24. The topological polar surface area (TPSA) is 80.1 Å². The van der Waals surface area contributed by atoms with Crippen molar-refractivity contribution in [1.82, 2.24) is 9.80 Å². The number of ether oxygens (including phenoxy) is 1. The molecular formula is C21H28N2O5S. The molecule has 158 valence electrons. The van der Waals surface area contributed by atoms with E-state index in [1.54, 1.807) is 17.0 Å². The number of hydrogen-bond donors (Lipinski definition) is 0. The van der Waals surface area contributed by atoms with Gasteiger partial charge >= 0.3 is 0 Å². The molecule has 1 aliphatic rings. The second-order valence-electron chi connectivity index (χ2n) is 7.59. The zero-order valence-corrected chi connectivity index (χ0v) is 18.0. The van der Waals surface area contributed by atoms with Crippen molar-refractivity contribution < 1.29 is 22.4 Å². The van der Waals surface area contributed by atoms with Gasteiger partial charge in [0.15, 0.2) is 5.76 Å². The maximum absolute atomic E-state index is 12.7. The Labute approximate surface area is 172 Å². The molecular weight excluding hydrogens is 392 g/mol. The SMILES string of the molecule is Cc1ccc(C)c(OCc2ccc(C(=O)N3CCN(CCS(C)(=O)=O)CC3)o2)c1. The van der Waals surface area contributed by atoms with Gasteiger partial charge in [-0.15, -0.1) is 0 Å². The summed E-state index contributed by atoms with van der Waals surface area (Å²) in [7, 11) is -2.97. The van der Waals surface area contributed by atoms with E-state index in [0.717, 1.165) is 16.9 Å². The van der Waals surface area contributed by atoms with Crippen molar-refractivity contribution in [2.45, 2.75) is 20.5 Å². The number of piperazine rings is 1. The summed E-state index contributed by atoms with van der Waals surface area (Å²) in [5.74, 6) is 1.70. The van der Waals surface area contributed by atoms with Gasteiger partial charge in [0.1, 0.15) is 28.0 Å². The molecule has 29 heavy (non-hydrogen) atoms. The van der Waals surface area contributed by atoms with E-state index in [4.69, 9.17) is 9.15 Å². The summed E-state index contributed by atoms with van der Waals surface area (Å²) in [5.41, 5.74) is 2.17. The minimum Gasteiger partial charge on any atom is -0.485 e. The van der Waals surface area contributed by atoms with E-state index in [-0.39, 0.29) is 18.3 Å². The lowest BCUT2D eigenvalue weighted by molar-refractivity contribution is 0.0609. The highest BCUT2D eigenvalue weighted by Crippen LogP contribution is 2.21. The summed E-state index contributed by atoms with van der Waals surface area (Å²) in [6.45, 7) is 7.18. The Balaban J connectivity index is 1.51. The Bertz CT molecular complexity index is 959. The van der Waals surface area contributed by atoms with Crippen molar-refractivity contribution >= 4 is 15.7 Å². The average molecular weight is 421 g/mol. The molecule has 2 heterocycles. The number of carbonyl (C=O) groups excluding carboxylic acids is 1. The molecule has 1 aromatic heterocycles. The van der Waals surface area contributed by atoms with E-state index in [9.17, 15) is 13.2 Å². The van der Waals surface area contributed by atoms with Gasteiger partial charge in [0.2, 0.25) is 0 Å². The van der Waals surface area contributed by atoms with Gasteiger partial charge in [0, 0.05) is 39.0 Å². The van der Waals surface area contributed by atoms with Crippen molar-refractivity contribution in [3.63, 3.8) is 0 Å². The lowest BCUT2D eigenvalue weighted by Gasteiger charge is -2.34. The maximum Gasteiger partial charge on any atom is 0.289 e. The first-order valence-corrected chi connectivity index (χ1v) is 11.8. The number of hydrogen-bond acceptors (Lipinski definition) is 6. The monoisotopic (exact) mass is 420 g/mol. The third-order valence-corrected chi connectivity index (χ3v) is 5.95. The average Bonchev–Trinajstić information content (AvgIpc) is 3.15. The Hall–Kier alpha value is -2.32. The number of sulfone groups is 1. The number of rotatable bonds is 7. The lowest BCUT2D eigenvalue weighted by atomic mass is 10.1. The summed E-state index contributed by atoms with van der Waals surface area (Å²) in [4.78, 5) is 16.5. The lowest BCUT2D eigenvalue weighted by Crippen LogP contribution is -2.49. The standard InChI is InChI=1S/C21H28N2O5S/c1-16-4-5-17(2)20(14-16)27-15-18-6-7-19(28-18)21(24)23-10-8-22(9-11-23)12-13-29(3,25)26/h4-7,14H,8-13,15H2,1-3H3. The largest absolute Gasteiger partial charge is 0.485 e. The summed E-state index contributed by atoms with van der Waals surface area (Å²) in [6, 6.07) is 9.47. The molecule has 1 saturated heterocycles. The van der Waals surface area contributed by atoms with Crippen LogP contribution in [0.5, 0.6) is 5.75 Å². The second-order valence-corrected chi connectivity index (χ2v) is 9.85. The van der Waals surface area contributed by atoms with E-state index in [1.807, 2.05) is 32.0 Å². The zero-order chi connectivity index (χ0) is 21.0. The molecule has 0 N–H and O–H groups in total. The minimum atomic E-state index is -2.97. The smallest absolute Gasteiger partial charge is 0.289 e. The van der Waals surface area contributed by atoms with Crippen LogP contribution in [0.15, 0.2) is 34.7 Å². The Morgan fingerprint density at radius 3 is 2.52 bits per heavy atom. The summed E-state index contributed by atoms with van der Waals surface area (Å²) in [5, 5.41) is 0. The van der Waals surface area contributed by atoms with Crippen molar-refractivity contribution in [3.8, 4) is 5.75 Å². The van der Waals surface area contributed by atoms with Crippen LogP contribution >= 0.6 is 0 Å². The van der Waals surface area contributed by atoms with Crippen molar-refractivity contribution in [2.24, 2.45) is 0 Å². The number of carbonyl (C=O) groups is 1. The molecule has 1 aliphatic heterocycles. The van der Waals surface area contributed by atoms with Crippen LogP contribution in [0, 0.1) is 13.8 Å². The number of nitrogens with zero attached hydrogens (tertiary/aromatic N) is 2. The number of aryl methyl sites for hydroxylation is 2. The van der Waals surface area contributed by atoms with Crippen LogP contribution < -0.4 is 4.74 Å². The Morgan fingerprint density at radius 2 is 1.83 bits per heavy atom. The first-order chi connectivity index (χ1) is 13.7. The highest BCUT2D eigenvalue weighted by molar-refractivity contribution is 7.90. The van der Waals surface area contributed by atoms with Crippen molar-refractivity contribution in [3.05, 3.63) is 53.0 Å². The number of furan rings is 1. The van der Waals surface area contributed by atoms with Crippen LogP contribution in [0.4, 0.5) is 0 Å². The third kappa shape index (κ3) is 6.08. The predicted octanol–water partition coefficient (Wildman–Crippen LogP) is 2.28. The molecule has 0 bridgehead atoms. The Morgan fingerprint density at radius 1 is 1.10 bits per heavy atom. The molecule has 1 fully saturated rings. The molecule has 8 heteroatoms. The molecule has 0 atom stereocenters. The second kappa shape index (κ2) is 9.00. The van der Waals surface area contributed by atoms with Gasteiger partial charge in [-0.05, 0) is 43.2 Å². The molecule has 3 rings (SSSR count). The molecule has 0 unspecified atom stereocenters. The third-order valence-electron chi connectivity index (χ3n) is 5.02. The normalized spacial score (nSPS) is 15.5. The molecule has 0 spiro atoms. The van der Waals surface area contributed by atoms with Gasteiger partial charge in [0.25, 0.3) is 5.91 Å². The molecule has 1 aromatic carbocycles. The molecule has 0 saturated carbocycles. The summed E-state index contributed by atoms with van der Waals surface area (Å²) < 4.78 is 34.1. The van der Waals surface area contributed by atoms with Crippen LogP contribution in [0.3, 0.4) is 0 Å². The first-order valence-electron chi connectivity index (χ1n) is 9.69. The van der Waals surface area contributed by atoms with E-state index in [1.165, 1.54) is 6.26 Å². The van der Waals surface area contributed by atoms with Crippen LogP contribution in [0.2, 0.25) is 0 Å². The van der Waals surface area contributed by atoms with Crippen LogP contribution in [-0.2, 0) is 16.4 Å². The molecule has 7 nitrogen and oxygen atoms in total. The molecule has 1 amide bonds. The van der Waals surface area contributed by atoms with Crippen molar-refractivity contribution in [2.75, 3.05) is 44.7 Å². The van der Waals surface area contributed by atoms with E-state index < -0.39 is 9.84 Å². The number of benzene rings is 1. The zero-order valence-electron chi connectivity index (χ0n) is 17.2. The minimum absolute atomic E-state index is 0.142.